The lowest BCUT2D eigenvalue weighted by molar-refractivity contribution is -0.605. The molecular formula is C21H26N4O2. The van der Waals surface area contributed by atoms with E-state index in [1.165, 1.54) is 30.8 Å². The second kappa shape index (κ2) is 8.05. The average molecular weight is 366 g/mol. The van der Waals surface area contributed by atoms with Crippen molar-refractivity contribution in [2.45, 2.75) is 25.8 Å². The predicted octanol–water partition coefficient (Wildman–Crippen LogP) is 2.09. The summed E-state index contributed by atoms with van der Waals surface area (Å²) in [5, 5.41) is 11.4. The van der Waals surface area contributed by atoms with Crippen molar-refractivity contribution in [1.29, 1.82) is 0 Å². The second-order valence-corrected chi connectivity index (χ2v) is 7.73. The summed E-state index contributed by atoms with van der Waals surface area (Å²) in [5.74, 6) is 1.25. The van der Waals surface area contributed by atoms with Gasteiger partial charge < -0.3 is 10.1 Å². The first kappa shape index (κ1) is 17.9. The summed E-state index contributed by atoms with van der Waals surface area (Å²) in [6.45, 7) is 4.81. The lowest BCUT2D eigenvalue weighted by Gasteiger charge is -2.34. The molecule has 27 heavy (non-hydrogen) atoms. The molecule has 1 unspecified atom stereocenters. The Morgan fingerprint density at radius 2 is 1.96 bits per heavy atom. The van der Waals surface area contributed by atoms with Gasteiger partial charge in [-0.2, -0.15) is 4.73 Å². The lowest BCUT2D eigenvalue weighted by atomic mass is 9.83. The molecule has 142 valence electrons. The van der Waals surface area contributed by atoms with E-state index < -0.39 is 0 Å². The second-order valence-electron chi connectivity index (χ2n) is 7.73. The molecule has 1 atom stereocenters. The molecule has 0 N–H and O–H groups in total. The number of carbonyl (C=O) groups excluding carboxylic acids is 1. The van der Waals surface area contributed by atoms with Crippen LogP contribution in [0.5, 0.6) is 0 Å². The quantitative estimate of drug-likeness (QED) is 0.614. The van der Waals surface area contributed by atoms with Gasteiger partial charge in [0.1, 0.15) is 5.56 Å². The summed E-state index contributed by atoms with van der Waals surface area (Å²) in [4.78, 5) is 21.3. The maximum Gasteiger partial charge on any atom is 0.259 e. The number of aromatic nitrogens is 2. The van der Waals surface area contributed by atoms with E-state index >= 15 is 0 Å². The highest BCUT2D eigenvalue weighted by atomic mass is 16.5. The molecule has 2 aliphatic heterocycles. The zero-order valence-corrected chi connectivity index (χ0v) is 15.5. The molecule has 0 saturated carbocycles. The molecule has 6 heteroatoms. The van der Waals surface area contributed by atoms with E-state index in [1.807, 2.05) is 23.4 Å². The van der Waals surface area contributed by atoms with Gasteiger partial charge in [0.15, 0.2) is 12.4 Å². The molecule has 0 bridgehead atoms. The molecule has 4 rings (SSSR count). The maximum atomic E-state index is 12.6. The van der Waals surface area contributed by atoms with Crippen molar-refractivity contribution < 1.29 is 9.52 Å². The van der Waals surface area contributed by atoms with Crippen molar-refractivity contribution in [3.63, 3.8) is 0 Å². The van der Waals surface area contributed by atoms with E-state index in [-0.39, 0.29) is 5.91 Å². The molecular weight excluding hydrogens is 340 g/mol. The lowest BCUT2D eigenvalue weighted by Crippen LogP contribution is -2.37. The molecule has 0 aromatic carbocycles. The number of piperidine rings is 1. The van der Waals surface area contributed by atoms with Gasteiger partial charge in [0.25, 0.3) is 5.91 Å². The number of likely N-dealkylation sites (tertiary alicyclic amines) is 2. The van der Waals surface area contributed by atoms with Crippen molar-refractivity contribution in [2.24, 2.45) is 11.8 Å². The zero-order valence-electron chi connectivity index (χ0n) is 15.5. The van der Waals surface area contributed by atoms with Crippen molar-refractivity contribution in [1.82, 2.24) is 14.8 Å². The van der Waals surface area contributed by atoms with Crippen LogP contribution in [0.15, 0.2) is 49.1 Å². The first-order valence-electron chi connectivity index (χ1n) is 9.78. The Bertz CT molecular complexity index is 775. The summed E-state index contributed by atoms with van der Waals surface area (Å²) in [6, 6.07) is 7.48. The van der Waals surface area contributed by atoms with Crippen molar-refractivity contribution in [2.75, 3.05) is 26.2 Å². The first-order chi connectivity index (χ1) is 13.2. The molecule has 4 heterocycles. The van der Waals surface area contributed by atoms with Crippen molar-refractivity contribution >= 4 is 5.91 Å². The molecule has 0 aliphatic carbocycles. The van der Waals surface area contributed by atoms with E-state index in [2.05, 4.69) is 16.0 Å². The number of amides is 1. The third kappa shape index (κ3) is 4.27. The normalized spacial score (nSPS) is 21.5. The zero-order chi connectivity index (χ0) is 18.6. The van der Waals surface area contributed by atoms with Crippen molar-refractivity contribution in [3.8, 4) is 0 Å². The largest absolute Gasteiger partial charge is 0.619 e. The van der Waals surface area contributed by atoms with Crippen LogP contribution in [-0.4, -0.2) is 46.9 Å². The highest BCUT2D eigenvalue weighted by Gasteiger charge is 2.34. The van der Waals surface area contributed by atoms with Crippen LogP contribution in [0.1, 0.15) is 35.2 Å². The molecule has 2 fully saturated rings. The molecule has 2 aromatic heterocycles. The standard InChI is InChI=1S/C21H26N4O2/c26-21(20-4-2-9-25(27)16-20)24-12-7-19(15-24)18-5-10-23(11-6-18)14-17-3-1-8-22-13-17/h1-4,8-9,13,16,18-19H,5-7,10-12,14-15H2. The Kier molecular flexibility index (Phi) is 5.34. The van der Waals surface area contributed by atoms with E-state index in [9.17, 15) is 10.0 Å². The summed E-state index contributed by atoms with van der Waals surface area (Å²) < 4.78 is 0.693. The summed E-state index contributed by atoms with van der Waals surface area (Å²) in [5.41, 5.74) is 1.76. The Hall–Kier alpha value is -2.47. The van der Waals surface area contributed by atoms with E-state index in [0.717, 1.165) is 39.1 Å². The number of rotatable bonds is 4. The highest BCUT2D eigenvalue weighted by molar-refractivity contribution is 5.93. The van der Waals surface area contributed by atoms with Crippen molar-refractivity contribution in [3.05, 3.63) is 65.4 Å². The third-order valence-electron chi connectivity index (χ3n) is 5.96. The fourth-order valence-electron chi connectivity index (χ4n) is 4.45. The van der Waals surface area contributed by atoms with Crippen LogP contribution in [0.2, 0.25) is 0 Å². The number of hydrogen-bond acceptors (Lipinski definition) is 4. The average Bonchev–Trinajstić information content (AvgIpc) is 3.19. The minimum Gasteiger partial charge on any atom is -0.619 e. The van der Waals surface area contributed by atoms with Gasteiger partial charge in [0.05, 0.1) is 0 Å². The van der Waals surface area contributed by atoms with Gasteiger partial charge >= 0.3 is 0 Å². The first-order valence-corrected chi connectivity index (χ1v) is 9.78. The van der Waals surface area contributed by atoms with Gasteiger partial charge in [0.2, 0.25) is 0 Å². The van der Waals surface area contributed by atoms with Crippen LogP contribution in [0, 0.1) is 17.0 Å². The summed E-state index contributed by atoms with van der Waals surface area (Å²) in [6.07, 6.45) is 9.99. The van der Waals surface area contributed by atoms with Crippen LogP contribution < -0.4 is 4.73 Å². The van der Waals surface area contributed by atoms with E-state index in [0.29, 0.717) is 22.1 Å². The molecule has 0 spiro atoms. The minimum absolute atomic E-state index is 0.0169. The molecule has 2 saturated heterocycles. The van der Waals surface area contributed by atoms with Crippen LogP contribution in [-0.2, 0) is 6.54 Å². The summed E-state index contributed by atoms with van der Waals surface area (Å²) in [7, 11) is 0. The van der Waals surface area contributed by atoms with Gasteiger partial charge in [0, 0.05) is 38.1 Å². The smallest absolute Gasteiger partial charge is 0.259 e. The molecule has 2 aliphatic rings. The Morgan fingerprint density at radius 3 is 2.70 bits per heavy atom. The van der Waals surface area contributed by atoms with Gasteiger partial charge in [-0.25, -0.2) is 0 Å². The fraction of sp³-hybridized carbons (Fsp3) is 0.476. The topological polar surface area (TPSA) is 63.4 Å². The SMILES string of the molecule is O=C(c1ccc[n+]([O-])c1)N1CCC(C2CCN(Cc3cccnc3)CC2)C1. The Morgan fingerprint density at radius 1 is 1.15 bits per heavy atom. The number of carbonyl (C=O) groups is 1. The monoisotopic (exact) mass is 366 g/mol. The van der Waals surface area contributed by atoms with Gasteiger partial charge in [-0.3, -0.25) is 14.7 Å². The van der Waals surface area contributed by atoms with Gasteiger partial charge in [-0.1, -0.05) is 6.07 Å². The molecule has 1 amide bonds. The van der Waals surface area contributed by atoms with Gasteiger partial charge in [-0.05, 0) is 61.9 Å². The highest BCUT2D eigenvalue weighted by Crippen LogP contribution is 2.32. The Labute approximate surface area is 160 Å². The third-order valence-corrected chi connectivity index (χ3v) is 5.96. The fourth-order valence-corrected chi connectivity index (χ4v) is 4.45. The van der Waals surface area contributed by atoms with Gasteiger partial charge in [-0.15, -0.1) is 0 Å². The van der Waals surface area contributed by atoms with Crippen LogP contribution in [0.3, 0.4) is 0 Å². The molecule has 2 aromatic rings. The number of pyridine rings is 2. The van der Waals surface area contributed by atoms with E-state index in [4.69, 9.17) is 0 Å². The molecule has 6 nitrogen and oxygen atoms in total. The van der Waals surface area contributed by atoms with E-state index in [1.54, 1.807) is 12.1 Å². The summed E-state index contributed by atoms with van der Waals surface area (Å²) >= 11 is 0. The van der Waals surface area contributed by atoms with Crippen LogP contribution in [0.4, 0.5) is 0 Å². The number of hydrogen-bond donors (Lipinski definition) is 0. The minimum atomic E-state index is -0.0169. The maximum absolute atomic E-state index is 12.6. The predicted molar refractivity (Wildman–Crippen MR) is 102 cm³/mol. The van der Waals surface area contributed by atoms with Crippen LogP contribution in [0.25, 0.3) is 0 Å². The van der Waals surface area contributed by atoms with Crippen LogP contribution >= 0.6 is 0 Å². The number of nitrogens with zero attached hydrogens (tertiary/aromatic N) is 4. The molecule has 0 radical (unpaired) electrons. The Balaban J connectivity index is 1.28.